The number of rotatable bonds is 4. The Morgan fingerprint density at radius 1 is 1.17 bits per heavy atom. The molecule has 1 aromatic rings. The quantitative estimate of drug-likeness (QED) is 0.847. The second-order valence-electron chi connectivity index (χ2n) is 3.63. The smallest absolute Gasteiger partial charge is 0.366 e. The molecule has 98 valence electrons. The van der Waals surface area contributed by atoms with Crippen LogP contribution in [0.2, 0.25) is 0 Å². The number of hydrogen-bond acceptors (Lipinski definition) is 2. The molecular weight excluding hydrogens is 249 g/mol. The highest BCUT2D eigenvalue weighted by Crippen LogP contribution is 2.12. The molecule has 1 aromatic carbocycles. The third kappa shape index (κ3) is 4.86. The Labute approximate surface area is 101 Å². The molecule has 2 amide bonds. The van der Waals surface area contributed by atoms with Gasteiger partial charge < -0.3 is 11.1 Å². The summed E-state index contributed by atoms with van der Waals surface area (Å²) in [4.78, 5) is 21.9. The molecule has 18 heavy (non-hydrogen) atoms. The number of amides is 2. The summed E-state index contributed by atoms with van der Waals surface area (Å²) >= 11 is 0. The fourth-order valence-corrected chi connectivity index (χ4v) is 1.23. The summed E-state index contributed by atoms with van der Waals surface area (Å²) in [5, 5.41) is 1.75. The molecule has 0 bridgehead atoms. The summed E-state index contributed by atoms with van der Waals surface area (Å²) in [5.41, 5.74) is 5.79. The van der Waals surface area contributed by atoms with Gasteiger partial charge in [-0.05, 0) is 17.7 Å². The summed E-state index contributed by atoms with van der Waals surface area (Å²) in [5.74, 6) is -1.35. The molecular formula is C11H11F3N2O2. The molecule has 0 spiro atoms. The lowest BCUT2D eigenvalue weighted by molar-refractivity contribution is -0.138. The maximum Gasteiger partial charge on any atom is 0.405 e. The molecule has 0 aliphatic rings. The van der Waals surface area contributed by atoms with E-state index in [1.807, 2.05) is 0 Å². The van der Waals surface area contributed by atoms with Crippen molar-refractivity contribution in [3.8, 4) is 0 Å². The average molecular weight is 260 g/mol. The number of nitrogens with two attached hydrogens (primary N) is 1. The summed E-state index contributed by atoms with van der Waals surface area (Å²) in [6.07, 6.45) is -4.61. The van der Waals surface area contributed by atoms with Crippen LogP contribution < -0.4 is 11.1 Å². The Kier molecular flexibility index (Phi) is 4.30. The fourth-order valence-electron chi connectivity index (χ4n) is 1.23. The normalized spacial score (nSPS) is 11.1. The van der Waals surface area contributed by atoms with Gasteiger partial charge >= 0.3 is 6.18 Å². The van der Waals surface area contributed by atoms with Crippen molar-refractivity contribution >= 4 is 11.8 Å². The van der Waals surface area contributed by atoms with Gasteiger partial charge in [-0.15, -0.1) is 0 Å². The average Bonchev–Trinajstić information content (AvgIpc) is 2.26. The molecule has 0 aromatic heterocycles. The topological polar surface area (TPSA) is 72.2 Å². The lowest BCUT2D eigenvalue weighted by Crippen LogP contribution is -2.34. The van der Waals surface area contributed by atoms with Gasteiger partial charge in [0.15, 0.2) is 0 Å². The molecule has 0 saturated carbocycles. The molecule has 0 radical (unpaired) electrons. The summed E-state index contributed by atoms with van der Waals surface area (Å²) in [7, 11) is 0. The molecule has 0 heterocycles. The van der Waals surface area contributed by atoms with Crippen LogP contribution in [0, 0.1) is 0 Å². The van der Waals surface area contributed by atoms with Gasteiger partial charge in [0.2, 0.25) is 11.8 Å². The van der Waals surface area contributed by atoms with Crippen LogP contribution in [0.4, 0.5) is 13.2 Å². The van der Waals surface area contributed by atoms with Crippen molar-refractivity contribution in [1.29, 1.82) is 0 Å². The number of carbonyl (C=O) groups is 2. The molecule has 0 saturated heterocycles. The van der Waals surface area contributed by atoms with E-state index in [0.29, 0.717) is 5.56 Å². The van der Waals surface area contributed by atoms with Crippen molar-refractivity contribution < 1.29 is 22.8 Å². The van der Waals surface area contributed by atoms with E-state index >= 15 is 0 Å². The van der Waals surface area contributed by atoms with Gasteiger partial charge in [0.05, 0.1) is 6.42 Å². The second kappa shape index (κ2) is 5.52. The van der Waals surface area contributed by atoms with Crippen LogP contribution >= 0.6 is 0 Å². The van der Waals surface area contributed by atoms with E-state index in [0.717, 1.165) is 0 Å². The van der Waals surface area contributed by atoms with Gasteiger partial charge in [-0.2, -0.15) is 13.2 Å². The van der Waals surface area contributed by atoms with Gasteiger partial charge in [-0.3, -0.25) is 9.59 Å². The Morgan fingerprint density at radius 3 is 2.17 bits per heavy atom. The number of carbonyl (C=O) groups excluding carboxylic acids is 2. The predicted octanol–water partition coefficient (Wildman–Crippen LogP) is 1.01. The van der Waals surface area contributed by atoms with E-state index in [1.165, 1.54) is 24.3 Å². The first-order valence-corrected chi connectivity index (χ1v) is 5.00. The van der Waals surface area contributed by atoms with Crippen LogP contribution in [0.5, 0.6) is 0 Å². The van der Waals surface area contributed by atoms with Crippen LogP contribution in [0.3, 0.4) is 0 Å². The van der Waals surface area contributed by atoms with Gasteiger partial charge in [-0.25, -0.2) is 0 Å². The molecule has 7 heteroatoms. The number of hydrogen-bond donors (Lipinski definition) is 2. The lowest BCUT2D eigenvalue weighted by atomic mass is 10.1. The summed E-state index contributed by atoms with van der Waals surface area (Å²) in [6, 6.07) is 5.75. The number of nitrogens with one attached hydrogen (secondary N) is 1. The zero-order chi connectivity index (χ0) is 13.8. The zero-order valence-electron chi connectivity index (χ0n) is 9.25. The van der Waals surface area contributed by atoms with Crippen molar-refractivity contribution in [2.75, 3.05) is 6.54 Å². The summed E-state index contributed by atoms with van der Waals surface area (Å²) in [6.45, 7) is -1.36. The maximum absolute atomic E-state index is 11.8. The van der Waals surface area contributed by atoms with E-state index < -0.39 is 24.5 Å². The minimum Gasteiger partial charge on any atom is -0.366 e. The SMILES string of the molecule is NC(=O)c1ccc(CC(=O)NCC(F)(F)F)cc1. The third-order valence-electron chi connectivity index (χ3n) is 2.09. The minimum atomic E-state index is -4.43. The van der Waals surface area contributed by atoms with E-state index in [2.05, 4.69) is 0 Å². The highest BCUT2D eigenvalue weighted by molar-refractivity contribution is 5.92. The molecule has 3 N–H and O–H groups in total. The molecule has 0 aliphatic carbocycles. The zero-order valence-corrected chi connectivity index (χ0v) is 9.25. The number of alkyl halides is 3. The molecule has 0 unspecified atom stereocenters. The van der Waals surface area contributed by atoms with Crippen molar-refractivity contribution in [2.45, 2.75) is 12.6 Å². The molecule has 4 nitrogen and oxygen atoms in total. The molecule has 0 aliphatic heterocycles. The number of primary amides is 1. The first kappa shape index (κ1) is 14.0. The highest BCUT2D eigenvalue weighted by Gasteiger charge is 2.27. The van der Waals surface area contributed by atoms with E-state index in [-0.39, 0.29) is 12.0 Å². The molecule has 0 fully saturated rings. The maximum atomic E-state index is 11.8. The Balaban J connectivity index is 2.52. The van der Waals surface area contributed by atoms with Gasteiger partial charge in [-0.1, -0.05) is 12.1 Å². The minimum absolute atomic E-state index is 0.185. The Morgan fingerprint density at radius 2 is 1.72 bits per heavy atom. The van der Waals surface area contributed by atoms with Crippen molar-refractivity contribution in [2.24, 2.45) is 5.73 Å². The van der Waals surface area contributed by atoms with Crippen molar-refractivity contribution in [3.05, 3.63) is 35.4 Å². The van der Waals surface area contributed by atoms with Crippen molar-refractivity contribution in [1.82, 2.24) is 5.32 Å². The predicted molar refractivity (Wildman–Crippen MR) is 57.7 cm³/mol. The van der Waals surface area contributed by atoms with Gasteiger partial charge in [0, 0.05) is 5.56 Å². The largest absolute Gasteiger partial charge is 0.405 e. The summed E-state index contributed by atoms with van der Waals surface area (Å²) < 4.78 is 35.5. The van der Waals surface area contributed by atoms with Gasteiger partial charge in [0.25, 0.3) is 0 Å². The standard InChI is InChI=1S/C11H11F3N2O2/c12-11(13,14)6-16-9(17)5-7-1-3-8(4-2-7)10(15)18/h1-4H,5-6H2,(H2,15,18)(H,16,17). The van der Waals surface area contributed by atoms with E-state index in [9.17, 15) is 22.8 Å². The highest BCUT2D eigenvalue weighted by atomic mass is 19.4. The van der Waals surface area contributed by atoms with Crippen LogP contribution in [-0.2, 0) is 11.2 Å². The monoisotopic (exact) mass is 260 g/mol. The Hall–Kier alpha value is -2.05. The number of halogens is 3. The number of benzene rings is 1. The fraction of sp³-hybridized carbons (Fsp3) is 0.273. The molecule has 0 atom stereocenters. The Bertz CT molecular complexity index is 441. The molecule has 1 rings (SSSR count). The van der Waals surface area contributed by atoms with Crippen molar-refractivity contribution in [3.63, 3.8) is 0 Å². The van der Waals surface area contributed by atoms with Crippen LogP contribution in [-0.4, -0.2) is 24.5 Å². The van der Waals surface area contributed by atoms with Gasteiger partial charge in [0.1, 0.15) is 6.54 Å². The van der Waals surface area contributed by atoms with E-state index in [4.69, 9.17) is 5.73 Å². The first-order chi connectivity index (χ1) is 8.28. The van der Waals surface area contributed by atoms with Crippen LogP contribution in [0.1, 0.15) is 15.9 Å². The second-order valence-corrected chi connectivity index (χ2v) is 3.63. The van der Waals surface area contributed by atoms with Crippen LogP contribution in [0.25, 0.3) is 0 Å². The lowest BCUT2D eigenvalue weighted by Gasteiger charge is -2.08. The third-order valence-corrected chi connectivity index (χ3v) is 2.09. The van der Waals surface area contributed by atoms with Crippen LogP contribution in [0.15, 0.2) is 24.3 Å². The first-order valence-electron chi connectivity index (χ1n) is 5.00. The van der Waals surface area contributed by atoms with E-state index in [1.54, 1.807) is 5.32 Å².